The van der Waals surface area contributed by atoms with E-state index in [1.54, 1.807) is 11.3 Å². The third-order valence-electron chi connectivity index (χ3n) is 4.90. The van der Waals surface area contributed by atoms with Crippen LogP contribution in [0.15, 0.2) is 72.1 Å². The van der Waals surface area contributed by atoms with Crippen LogP contribution in [0.5, 0.6) is 0 Å². The van der Waals surface area contributed by atoms with Crippen molar-refractivity contribution in [3.8, 4) is 10.6 Å². The Hall–Kier alpha value is -2.27. The predicted octanol–water partition coefficient (Wildman–Crippen LogP) is 4.64. The molecule has 0 N–H and O–H groups in total. The summed E-state index contributed by atoms with van der Waals surface area (Å²) in [7, 11) is 0. The van der Waals surface area contributed by atoms with Crippen LogP contribution < -0.4 is 0 Å². The maximum Gasteiger partial charge on any atom is 0.123 e. The Balaban J connectivity index is 1.24. The molecule has 0 saturated carbocycles. The summed E-state index contributed by atoms with van der Waals surface area (Å²) in [4.78, 5) is 9.86. The Bertz CT molecular complexity index is 850. The largest absolute Gasteiger partial charge is 0.297 e. The van der Waals surface area contributed by atoms with E-state index in [-0.39, 0.29) is 0 Å². The molecule has 0 bridgehead atoms. The molecule has 3 aromatic rings. The number of hydrogen-bond acceptors (Lipinski definition) is 4. The summed E-state index contributed by atoms with van der Waals surface area (Å²) in [5.41, 5.74) is 3.67. The highest BCUT2D eigenvalue weighted by Crippen LogP contribution is 2.24. The molecule has 0 amide bonds. The fraction of sp³-hybridized carbons (Fsp3) is 0.261. The Labute approximate surface area is 165 Å². The first-order valence-electron chi connectivity index (χ1n) is 9.53. The van der Waals surface area contributed by atoms with Gasteiger partial charge in [-0.2, -0.15) is 0 Å². The SMILES string of the molecule is C(=Cc1ccccc1)CN1CCN(Cc2csc(-c3ccccc3)n2)CC1. The summed E-state index contributed by atoms with van der Waals surface area (Å²) in [6, 6.07) is 21.0. The van der Waals surface area contributed by atoms with E-state index in [9.17, 15) is 0 Å². The minimum Gasteiger partial charge on any atom is -0.297 e. The molecule has 27 heavy (non-hydrogen) atoms. The Morgan fingerprint density at radius 2 is 1.52 bits per heavy atom. The second-order valence-electron chi connectivity index (χ2n) is 6.90. The van der Waals surface area contributed by atoms with Gasteiger partial charge in [-0.25, -0.2) is 4.98 Å². The van der Waals surface area contributed by atoms with Crippen LogP contribution in [0.2, 0.25) is 0 Å². The summed E-state index contributed by atoms with van der Waals surface area (Å²) in [5.74, 6) is 0. The van der Waals surface area contributed by atoms with E-state index in [0.717, 1.165) is 44.3 Å². The van der Waals surface area contributed by atoms with Gasteiger partial charge in [-0.15, -0.1) is 11.3 Å². The van der Waals surface area contributed by atoms with Gasteiger partial charge in [0.05, 0.1) is 5.69 Å². The van der Waals surface area contributed by atoms with Crippen LogP contribution in [-0.4, -0.2) is 47.5 Å². The summed E-state index contributed by atoms with van der Waals surface area (Å²) in [6.45, 7) is 6.44. The molecule has 1 saturated heterocycles. The average Bonchev–Trinajstić information content (AvgIpc) is 3.19. The number of thiazole rings is 1. The molecule has 4 heteroatoms. The zero-order valence-electron chi connectivity index (χ0n) is 15.5. The molecular weight excluding hydrogens is 350 g/mol. The van der Waals surface area contributed by atoms with E-state index in [1.807, 2.05) is 6.07 Å². The van der Waals surface area contributed by atoms with Crippen LogP contribution in [-0.2, 0) is 6.54 Å². The van der Waals surface area contributed by atoms with Gasteiger partial charge in [0.2, 0.25) is 0 Å². The fourth-order valence-electron chi connectivity index (χ4n) is 3.35. The third kappa shape index (κ3) is 5.13. The van der Waals surface area contributed by atoms with Gasteiger partial charge in [-0.1, -0.05) is 72.8 Å². The van der Waals surface area contributed by atoms with Crippen molar-refractivity contribution in [1.82, 2.24) is 14.8 Å². The molecule has 0 unspecified atom stereocenters. The lowest BCUT2D eigenvalue weighted by molar-refractivity contribution is 0.136. The second-order valence-corrected chi connectivity index (χ2v) is 7.76. The molecule has 138 valence electrons. The van der Waals surface area contributed by atoms with E-state index in [0.29, 0.717) is 0 Å². The minimum atomic E-state index is 0.955. The lowest BCUT2D eigenvalue weighted by atomic mass is 10.2. The lowest BCUT2D eigenvalue weighted by Crippen LogP contribution is -2.45. The van der Waals surface area contributed by atoms with Crippen LogP contribution in [0.4, 0.5) is 0 Å². The highest BCUT2D eigenvalue weighted by atomic mass is 32.1. The van der Waals surface area contributed by atoms with E-state index in [1.165, 1.54) is 16.8 Å². The average molecular weight is 376 g/mol. The number of aromatic nitrogens is 1. The van der Waals surface area contributed by atoms with Crippen LogP contribution in [0.3, 0.4) is 0 Å². The van der Waals surface area contributed by atoms with Gasteiger partial charge in [0.25, 0.3) is 0 Å². The van der Waals surface area contributed by atoms with Crippen molar-refractivity contribution in [2.45, 2.75) is 6.54 Å². The van der Waals surface area contributed by atoms with Crippen molar-refractivity contribution in [1.29, 1.82) is 0 Å². The quantitative estimate of drug-likeness (QED) is 0.626. The van der Waals surface area contributed by atoms with E-state index < -0.39 is 0 Å². The molecule has 1 fully saturated rings. The lowest BCUT2D eigenvalue weighted by Gasteiger charge is -2.33. The van der Waals surface area contributed by atoms with E-state index >= 15 is 0 Å². The molecule has 3 nitrogen and oxygen atoms in total. The van der Waals surface area contributed by atoms with Crippen molar-refractivity contribution >= 4 is 17.4 Å². The maximum absolute atomic E-state index is 4.83. The maximum atomic E-state index is 4.83. The molecule has 1 aliphatic heterocycles. The minimum absolute atomic E-state index is 0.955. The van der Waals surface area contributed by atoms with Crippen molar-refractivity contribution < 1.29 is 0 Å². The van der Waals surface area contributed by atoms with Crippen molar-refractivity contribution in [2.24, 2.45) is 0 Å². The molecule has 4 rings (SSSR count). The number of piperazine rings is 1. The summed E-state index contributed by atoms with van der Waals surface area (Å²) >= 11 is 1.74. The van der Waals surface area contributed by atoms with Crippen LogP contribution in [0.1, 0.15) is 11.3 Å². The van der Waals surface area contributed by atoms with Gasteiger partial charge in [-0.05, 0) is 5.56 Å². The van der Waals surface area contributed by atoms with Crippen LogP contribution in [0, 0.1) is 0 Å². The molecule has 1 aromatic heterocycles. The van der Waals surface area contributed by atoms with E-state index in [4.69, 9.17) is 4.98 Å². The molecule has 0 aliphatic carbocycles. The normalized spacial score (nSPS) is 16.1. The van der Waals surface area contributed by atoms with Gasteiger partial charge in [0, 0.05) is 50.2 Å². The number of benzene rings is 2. The summed E-state index contributed by atoms with van der Waals surface area (Å²) in [6.07, 6.45) is 4.49. The van der Waals surface area contributed by atoms with Crippen LogP contribution >= 0.6 is 11.3 Å². The molecular formula is C23H25N3S. The number of rotatable bonds is 6. The van der Waals surface area contributed by atoms with Crippen molar-refractivity contribution in [2.75, 3.05) is 32.7 Å². The molecule has 2 aromatic carbocycles. The predicted molar refractivity (Wildman–Crippen MR) is 115 cm³/mol. The van der Waals surface area contributed by atoms with Crippen molar-refractivity contribution in [3.05, 3.63) is 83.4 Å². The Morgan fingerprint density at radius 1 is 0.852 bits per heavy atom. The highest BCUT2D eigenvalue weighted by Gasteiger charge is 2.17. The second kappa shape index (κ2) is 9.09. The van der Waals surface area contributed by atoms with Gasteiger partial charge < -0.3 is 0 Å². The first-order valence-corrected chi connectivity index (χ1v) is 10.4. The van der Waals surface area contributed by atoms with Gasteiger partial charge in [-0.3, -0.25) is 9.80 Å². The third-order valence-corrected chi connectivity index (χ3v) is 5.84. The highest BCUT2D eigenvalue weighted by molar-refractivity contribution is 7.13. The first-order chi connectivity index (χ1) is 13.4. The summed E-state index contributed by atoms with van der Waals surface area (Å²) < 4.78 is 0. The van der Waals surface area contributed by atoms with Gasteiger partial charge in [0.1, 0.15) is 5.01 Å². The Morgan fingerprint density at radius 3 is 2.26 bits per heavy atom. The van der Waals surface area contributed by atoms with Crippen LogP contribution in [0.25, 0.3) is 16.6 Å². The molecule has 0 radical (unpaired) electrons. The number of hydrogen-bond donors (Lipinski definition) is 0. The molecule has 0 atom stereocenters. The zero-order valence-corrected chi connectivity index (χ0v) is 16.3. The van der Waals surface area contributed by atoms with E-state index in [2.05, 4.69) is 81.9 Å². The number of nitrogens with zero attached hydrogens (tertiary/aromatic N) is 3. The first kappa shape index (κ1) is 18.1. The molecule has 0 spiro atoms. The topological polar surface area (TPSA) is 19.4 Å². The van der Waals surface area contributed by atoms with Gasteiger partial charge in [0.15, 0.2) is 0 Å². The fourth-order valence-corrected chi connectivity index (χ4v) is 4.17. The van der Waals surface area contributed by atoms with Gasteiger partial charge >= 0.3 is 0 Å². The smallest absolute Gasteiger partial charge is 0.123 e. The van der Waals surface area contributed by atoms with Crippen molar-refractivity contribution in [3.63, 3.8) is 0 Å². The molecule has 1 aliphatic rings. The Kier molecular flexibility index (Phi) is 6.10. The monoisotopic (exact) mass is 375 g/mol. The molecule has 2 heterocycles. The zero-order chi connectivity index (χ0) is 18.3. The standard InChI is InChI=1S/C23H25N3S/c1-3-8-20(9-4-1)10-7-13-25-14-16-26(17-15-25)18-22-19-27-23(24-22)21-11-5-2-6-12-21/h1-12,19H,13-18H2. The summed E-state index contributed by atoms with van der Waals surface area (Å²) in [5, 5.41) is 3.33.